The van der Waals surface area contributed by atoms with Gasteiger partial charge >= 0.3 is 5.97 Å². The maximum absolute atomic E-state index is 11.4. The van der Waals surface area contributed by atoms with Gasteiger partial charge in [-0.05, 0) is 38.3 Å². The standard InChI is InChI=1S/C16H17N3O2/c1-9-15(18-13-5-3-2-4-12(13)17-9)19-10-6-7-14(19)11(8-10)16(20)21/h2-5,10-11,14H,6-8H2,1H3,(H,20,21). The number of para-hydroxylation sites is 2. The van der Waals surface area contributed by atoms with E-state index in [-0.39, 0.29) is 12.0 Å². The number of benzene rings is 1. The molecule has 0 radical (unpaired) electrons. The van der Waals surface area contributed by atoms with Crippen molar-refractivity contribution < 1.29 is 9.90 Å². The third kappa shape index (κ3) is 1.80. The first-order valence-corrected chi connectivity index (χ1v) is 7.39. The summed E-state index contributed by atoms with van der Waals surface area (Å²) < 4.78 is 0. The summed E-state index contributed by atoms with van der Waals surface area (Å²) in [6.07, 6.45) is 2.73. The lowest BCUT2D eigenvalue weighted by Gasteiger charge is -2.25. The van der Waals surface area contributed by atoms with E-state index >= 15 is 0 Å². The van der Waals surface area contributed by atoms with E-state index in [0.717, 1.165) is 41.8 Å². The van der Waals surface area contributed by atoms with Crippen LogP contribution in [0.25, 0.3) is 11.0 Å². The maximum atomic E-state index is 11.4. The van der Waals surface area contributed by atoms with Gasteiger partial charge in [0.25, 0.3) is 0 Å². The fourth-order valence-corrected chi connectivity index (χ4v) is 3.91. The number of carbonyl (C=O) groups is 1. The monoisotopic (exact) mass is 283 g/mol. The smallest absolute Gasteiger partial charge is 0.308 e. The van der Waals surface area contributed by atoms with Crippen LogP contribution < -0.4 is 4.90 Å². The lowest BCUT2D eigenvalue weighted by Crippen LogP contribution is -2.34. The molecule has 2 aromatic rings. The summed E-state index contributed by atoms with van der Waals surface area (Å²) in [5.41, 5.74) is 2.65. The average Bonchev–Trinajstić information content (AvgIpc) is 3.04. The lowest BCUT2D eigenvalue weighted by atomic mass is 9.89. The highest BCUT2D eigenvalue weighted by molar-refractivity contribution is 5.78. The van der Waals surface area contributed by atoms with Crippen LogP contribution in [0, 0.1) is 12.8 Å². The first-order chi connectivity index (χ1) is 10.1. The second-order valence-corrected chi connectivity index (χ2v) is 6.01. The van der Waals surface area contributed by atoms with Crippen LogP contribution >= 0.6 is 0 Å². The third-order valence-electron chi connectivity index (χ3n) is 4.82. The van der Waals surface area contributed by atoms with Crippen LogP contribution in [0.2, 0.25) is 0 Å². The molecule has 2 aliphatic rings. The Hall–Kier alpha value is -2.17. The van der Waals surface area contributed by atoms with Gasteiger partial charge in [-0.2, -0.15) is 0 Å². The number of hydrogen-bond donors (Lipinski definition) is 1. The van der Waals surface area contributed by atoms with Gasteiger partial charge in [-0.25, -0.2) is 9.97 Å². The van der Waals surface area contributed by atoms with Crippen LogP contribution in [0.5, 0.6) is 0 Å². The zero-order chi connectivity index (χ0) is 14.6. The molecular weight excluding hydrogens is 266 g/mol. The van der Waals surface area contributed by atoms with Crippen LogP contribution in [0.3, 0.4) is 0 Å². The van der Waals surface area contributed by atoms with Crippen LogP contribution in [0.1, 0.15) is 25.0 Å². The highest BCUT2D eigenvalue weighted by atomic mass is 16.4. The number of rotatable bonds is 2. The summed E-state index contributed by atoms with van der Waals surface area (Å²) in [6, 6.07) is 8.19. The molecule has 108 valence electrons. The van der Waals surface area contributed by atoms with Crippen molar-refractivity contribution in [3.05, 3.63) is 30.0 Å². The number of anilines is 1. The fraction of sp³-hybridized carbons (Fsp3) is 0.438. The van der Waals surface area contributed by atoms with E-state index in [9.17, 15) is 9.90 Å². The van der Waals surface area contributed by atoms with Crippen molar-refractivity contribution in [3.63, 3.8) is 0 Å². The van der Waals surface area contributed by atoms with Crippen molar-refractivity contribution in [2.75, 3.05) is 4.90 Å². The number of carboxylic acids is 1. The number of hydrogen-bond acceptors (Lipinski definition) is 4. The fourth-order valence-electron chi connectivity index (χ4n) is 3.91. The molecule has 3 heterocycles. The molecule has 2 aliphatic heterocycles. The Labute approximate surface area is 122 Å². The molecule has 1 N–H and O–H groups in total. The number of nitrogens with zero attached hydrogens (tertiary/aromatic N) is 3. The number of fused-ring (bicyclic) bond motifs is 3. The number of aryl methyl sites for hydroxylation is 1. The molecule has 0 saturated carbocycles. The minimum atomic E-state index is -0.682. The van der Waals surface area contributed by atoms with Gasteiger partial charge in [-0.15, -0.1) is 0 Å². The van der Waals surface area contributed by atoms with E-state index in [1.54, 1.807) is 0 Å². The van der Waals surface area contributed by atoms with Crippen molar-refractivity contribution in [1.29, 1.82) is 0 Å². The number of aliphatic carboxylic acids is 1. The second-order valence-electron chi connectivity index (χ2n) is 6.01. The molecule has 0 aliphatic carbocycles. The Morgan fingerprint density at radius 1 is 1.24 bits per heavy atom. The molecule has 2 saturated heterocycles. The van der Waals surface area contributed by atoms with Crippen LogP contribution in [-0.2, 0) is 4.79 Å². The van der Waals surface area contributed by atoms with E-state index in [1.165, 1.54) is 0 Å². The van der Waals surface area contributed by atoms with Gasteiger partial charge in [-0.3, -0.25) is 4.79 Å². The maximum Gasteiger partial charge on any atom is 0.308 e. The Bertz CT molecular complexity index is 731. The minimum absolute atomic E-state index is 0.0710. The van der Waals surface area contributed by atoms with Crippen molar-refractivity contribution in [1.82, 2.24) is 9.97 Å². The molecule has 1 aromatic heterocycles. The Kier molecular flexibility index (Phi) is 2.64. The highest BCUT2D eigenvalue weighted by Crippen LogP contribution is 2.44. The van der Waals surface area contributed by atoms with Crippen molar-refractivity contribution in [2.24, 2.45) is 5.92 Å². The Morgan fingerprint density at radius 2 is 1.95 bits per heavy atom. The van der Waals surface area contributed by atoms with Crippen molar-refractivity contribution in [3.8, 4) is 0 Å². The van der Waals surface area contributed by atoms with Crippen molar-refractivity contribution >= 4 is 22.8 Å². The SMILES string of the molecule is Cc1nc2ccccc2nc1N1C2CCC1C(C(=O)O)C2. The molecule has 2 bridgehead atoms. The Balaban J connectivity index is 1.80. The molecule has 5 nitrogen and oxygen atoms in total. The molecule has 5 heteroatoms. The molecule has 3 atom stereocenters. The van der Waals surface area contributed by atoms with Gasteiger partial charge in [0.2, 0.25) is 0 Å². The normalized spacial score (nSPS) is 27.5. The first-order valence-electron chi connectivity index (χ1n) is 7.39. The molecule has 0 spiro atoms. The zero-order valence-corrected chi connectivity index (χ0v) is 11.9. The topological polar surface area (TPSA) is 66.3 Å². The summed E-state index contributed by atoms with van der Waals surface area (Å²) in [7, 11) is 0. The molecule has 21 heavy (non-hydrogen) atoms. The van der Waals surface area contributed by atoms with E-state index in [4.69, 9.17) is 4.98 Å². The molecular formula is C16H17N3O2. The van der Waals surface area contributed by atoms with Crippen LogP contribution in [0.15, 0.2) is 24.3 Å². The van der Waals surface area contributed by atoms with Gasteiger partial charge in [-0.1, -0.05) is 12.1 Å². The molecule has 4 rings (SSSR count). The van der Waals surface area contributed by atoms with Gasteiger partial charge in [0, 0.05) is 12.1 Å². The van der Waals surface area contributed by atoms with Gasteiger partial charge in [0.15, 0.2) is 5.82 Å². The van der Waals surface area contributed by atoms with Gasteiger partial charge in [0.05, 0.1) is 22.6 Å². The van der Waals surface area contributed by atoms with Crippen LogP contribution in [-0.4, -0.2) is 33.1 Å². The summed E-state index contributed by atoms with van der Waals surface area (Å²) in [6.45, 7) is 1.96. The number of aromatic nitrogens is 2. The molecule has 2 fully saturated rings. The molecule has 0 amide bonds. The van der Waals surface area contributed by atoms with E-state index in [0.29, 0.717) is 6.04 Å². The summed E-state index contributed by atoms with van der Waals surface area (Å²) in [4.78, 5) is 23.0. The quantitative estimate of drug-likeness (QED) is 0.916. The van der Waals surface area contributed by atoms with Crippen LogP contribution in [0.4, 0.5) is 5.82 Å². The molecule has 1 aromatic carbocycles. The predicted octanol–water partition coefficient (Wildman–Crippen LogP) is 2.38. The van der Waals surface area contributed by atoms with Gasteiger partial charge in [0.1, 0.15) is 0 Å². The second kappa shape index (κ2) is 4.41. The van der Waals surface area contributed by atoms with E-state index < -0.39 is 5.97 Å². The largest absolute Gasteiger partial charge is 0.481 e. The van der Waals surface area contributed by atoms with E-state index in [1.807, 2.05) is 31.2 Å². The first kappa shape index (κ1) is 12.6. The van der Waals surface area contributed by atoms with Gasteiger partial charge < -0.3 is 10.0 Å². The lowest BCUT2D eigenvalue weighted by molar-refractivity contribution is -0.142. The Morgan fingerprint density at radius 3 is 2.62 bits per heavy atom. The highest BCUT2D eigenvalue weighted by Gasteiger charge is 2.50. The molecule has 3 unspecified atom stereocenters. The van der Waals surface area contributed by atoms with E-state index in [2.05, 4.69) is 9.88 Å². The predicted molar refractivity (Wildman–Crippen MR) is 79.3 cm³/mol. The summed E-state index contributed by atoms with van der Waals surface area (Å²) in [5, 5.41) is 9.38. The third-order valence-corrected chi connectivity index (χ3v) is 4.82. The summed E-state index contributed by atoms with van der Waals surface area (Å²) >= 11 is 0. The van der Waals surface area contributed by atoms with Crippen molar-refractivity contribution in [2.45, 2.75) is 38.3 Å². The minimum Gasteiger partial charge on any atom is -0.481 e. The summed E-state index contributed by atoms with van der Waals surface area (Å²) in [5.74, 6) is -0.0834. The zero-order valence-electron chi connectivity index (χ0n) is 11.9. The average molecular weight is 283 g/mol. The number of carboxylic acid groups (broad SMARTS) is 1.